The Morgan fingerprint density at radius 3 is 3.12 bits per heavy atom. The van der Waals surface area contributed by atoms with Gasteiger partial charge >= 0.3 is 0 Å². The maximum absolute atomic E-state index is 5.36. The van der Waals surface area contributed by atoms with Gasteiger partial charge in [0.2, 0.25) is 0 Å². The Kier molecular flexibility index (Phi) is 5.53. The van der Waals surface area contributed by atoms with Crippen molar-refractivity contribution < 1.29 is 4.74 Å². The van der Waals surface area contributed by atoms with Gasteiger partial charge in [-0.3, -0.25) is 0 Å². The maximum atomic E-state index is 5.36. The van der Waals surface area contributed by atoms with Crippen LogP contribution >= 0.6 is 0 Å². The molecule has 1 rings (SSSR count). The number of hydrogen-bond donors (Lipinski definition) is 1. The summed E-state index contributed by atoms with van der Waals surface area (Å²) in [5.41, 5.74) is 2.19. The summed E-state index contributed by atoms with van der Waals surface area (Å²) < 4.78 is 7.05. The van der Waals surface area contributed by atoms with Crippen molar-refractivity contribution in [3.05, 3.63) is 36.7 Å². The molecule has 16 heavy (non-hydrogen) atoms. The second-order valence-electron chi connectivity index (χ2n) is 3.70. The normalized spacial score (nSPS) is 10.3. The molecule has 0 aromatic carbocycles. The average Bonchev–Trinajstić information content (AvgIpc) is 2.70. The molecule has 4 heteroatoms. The topological polar surface area (TPSA) is 39.1 Å². The highest BCUT2D eigenvalue weighted by Crippen LogP contribution is 1.96. The summed E-state index contributed by atoms with van der Waals surface area (Å²) in [5.74, 6) is 0. The Morgan fingerprint density at radius 2 is 2.50 bits per heavy atom. The van der Waals surface area contributed by atoms with Gasteiger partial charge in [0.25, 0.3) is 0 Å². The molecule has 0 atom stereocenters. The zero-order valence-corrected chi connectivity index (χ0v) is 9.78. The van der Waals surface area contributed by atoms with Crippen molar-refractivity contribution in [1.29, 1.82) is 0 Å². The van der Waals surface area contributed by atoms with Crippen LogP contribution in [0.4, 0.5) is 0 Å². The van der Waals surface area contributed by atoms with Crippen LogP contribution in [-0.2, 0) is 11.3 Å². The summed E-state index contributed by atoms with van der Waals surface area (Å²) in [6, 6.07) is 0. The van der Waals surface area contributed by atoms with Gasteiger partial charge in [-0.15, -0.1) is 0 Å². The van der Waals surface area contributed by atoms with Crippen molar-refractivity contribution in [3.63, 3.8) is 0 Å². The van der Waals surface area contributed by atoms with Gasteiger partial charge in [-0.25, -0.2) is 4.68 Å². The van der Waals surface area contributed by atoms with E-state index in [4.69, 9.17) is 4.74 Å². The van der Waals surface area contributed by atoms with E-state index >= 15 is 0 Å². The fourth-order valence-electron chi connectivity index (χ4n) is 1.19. The van der Waals surface area contributed by atoms with E-state index in [1.807, 2.05) is 19.3 Å². The molecule has 1 aromatic rings. The molecule has 0 fully saturated rings. The molecule has 0 aliphatic heterocycles. The second-order valence-corrected chi connectivity index (χ2v) is 3.70. The van der Waals surface area contributed by atoms with Crippen LogP contribution in [0.2, 0.25) is 0 Å². The first-order chi connectivity index (χ1) is 7.72. The summed E-state index contributed by atoms with van der Waals surface area (Å²) in [6.07, 6.45) is 5.43. The van der Waals surface area contributed by atoms with E-state index in [-0.39, 0.29) is 0 Å². The number of rotatable bonds is 8. The molecule has 88 valence electrons. The molecular formula is C12H19N3O. The third-order valence-corrected chi connectivity index (χ3v) is 1.94. The standard InChI is InChI=1S/C12H19N3O/c1-4-15-9-12(8-14-15)7-13-5-6-16-10-11(2)3/h4,8-9,13H,1-2,5-7,10H2,3H3. The van der Waals surface area contributed by atoms with E-state index in [1.54, 1.807) is 10.9 Å². The van der Waals surface area contributed by atoms with Gasteiger partial charge in [0, 0.05) is 31.0 Å². The van der Waals surface area contributed by atoms with Crippen LogP contribution in [0.5, 0.6) is 0 Å². The Morgan fingerprint density at radius 1 is 1.69 bits per heavy atom. The summed E-state index contributed by atoms with van der Waals surface area (Å²) in [7, 11) is 0. The van der Waals surface area contributed by atoms with E-state index in [1.165, 1.54) is 0 Å². The van der Waals surface area contributed by atoms with Crippen LogP contribution in [0.15, 0.2) is 31.1 Å². The smallest absolute Gasteiger partial charge is 0.0672 e. The van der Waals surface area contributed by atoms with Crippen molar-refractivity contribution in [2.75, 3.05) is 19.8 Å². The molecule has 1 N–H and O–H groups in total. The first-order valence-electron chi connectivity index (χ1n) is 5.31. The van der Waals surface area contributed by atoms with Gasteiger partial charge in [0.15, 0.2) is 0 Å². The molecular weight excluding hydrogens is 202 g/mol. The lowest BCUT2D eigenvalue weighted by Crippen LogP contribution is -2.19. The minimum absolute atomic E-state index is 0.635. The van der Waals surface area contributed by atoms with Gasteiger partial charge in [0.05, 0.1) is 19.4 Å². The molecule has 0 spiro atoms. The molecule has 0 unspecified atom stereocenters. The van der Waals surface area contributed by atoms with Crippen molar-refractivity contribution in [2.45, 2.75) is 13.5 Å². The molecule has 0 saturated heterocycles. The molecule has 1 heterocycles. The Labute approximate surface area is 96.6 Å². The molecule has 0 saturated carbocycles. The maximum Gasteiger partial charge on any atom is 0.0672 e. The van der Waals surface area contributed by atoms with Crippen LogP contribution in [0.25, 0.3) is 6.20 Å². The Hall–Kier alpha value is -1.39. The first-order valence-corrected chi connectivity index (χ1v) is 5.31. The van der Waals surface area contributed by atoms with Crippen molar-refractivity contribution in [2.24, 2.45) is 0 Å². The number of nitrogens with zero attached hydrogens (tertiary/aromatic N) is 2. The third kappa shape index (κ3) is 4.91. The number of ether oxygens (including phenoxy) is 1. The highest BCUT2D eigenvalue weighted by Gasteiger charge is 1.95. The SMILES string of the molecule is C=Cn1cc(CNCCOCC(=C)C)cn1. The zero-order chi connectivity index (χ0) is 11.8. The molecule has 0 amide bonds. The highest BCUT2D eigenvalue weighted by molar-refractivity contribution is 5.17. The van der Waals surface area contributed by atoms with E-state index in [2.05, 4.69) is 23.6 Å². The van der Waals surface area contributed by atoms with E-state index in [0.717, 1.165) is 24.2 Å². The van der Waals surface area contributed by atoms with Gasteiger partial charge in [-0.05, 0) is 6.92 Å². The Bertz CT molecular complexity index is 344. The van der Waals surface area contributed by atoms with E-state index in [9.17, 15) is 0 Å². The fraction of sp³-hybridized carbons (Fsp3) is 0.417. The lowest BCUT2D eigenvalue weighted by atomic mass is 10.3. The van der Waals surface area contributed by atoms with Crippen molar-refractivity contribution in [1.82, 2.24) is 15.1 Å². The fourth-order valence-corrected chi connectivity index (χ4v) is 1.19. The number of aromatic nitrogens is 2. The predicted octanol–water partition coefficient (Wildman–Crippen LogP) is 1.67. The van der Waals surface area contributed by atoms with Crippen LogP contribution in [0.3, 0.4) is 0 Å². The third-order valence-electron chi connectivity index (χ3n) is 1.94. The summed E-state index contributed by atoms with van der Waals surface area (Å²) in [4.78, 5) is 0. The van der Waals surface area contributed by atoms with Crippen molar-refractivity contribution in [3.8, 4) is 0 Å². The lowest BCUT2D eigenvalue weighted by molar-refractivity contribution is 0.158. The van der Waals surface area contributed by atoms with Gasteiger partial charge in [0.1, 0.15) is 0 Å². The summed E-state index contributed by atoms with van der Waals surface area (Å²) in [6.45, 7) is 12.3. The highest BCUT2D eigenvalue weighted by atomic mass is 16.5. The van der Waals surface area contributed by atoms with E-state index in [0.29, 0.717) is 13.2 Å². The summed E-state index contributed by atoms with van der Waals surface area (Å²) in [5, 5.41) is 7.36. The molecule has 0 aliphatic carbocycles. The number of nitrogens with one attached hydrogen (secondary N) is 1. The quantitative estimate of drug-likeness (QED) is 0.536. The van der Waals surface area contributed by atoms with Gasteiger partial charge < -0.3 is 10.1 Å². The van der Waals surface area contributed by atoms with E-state index < -0.39 is 0 Å². The van der Waals surface area contributed by atoms with Crippen LogP contribution in [0, 0.1) is 0 Å². The summed E-state index contributed by atoms with van der Waals surface area (Å²) >= 11 is 0. The van der Waals surface area contributed by atoms with Gasteiger partial charge in [-0.1, -0.05) is 18.7 Å². The molecule has 0 aliphatic rings. The van der Waals surface area contributed by atoms with Gasteiger partial charge in [-0.2, -0.15) is 5.10 Å². The van der Waals surface area contributed by atoms with Crippen LogP contribution in [-0.4, -0.2) is 29.5 Å². The predicted molar refractivity (Wildman–Crippen MR) is 66.0 cm³/mol. The van der Waals surface area contributed by atoms with Crippen LogP contribution < -0.4 is 5.32 Å². The minimum Gasteiger partial charge on any atom is -0.376 e. The second kappa shape index (κ2) is 6.98. The Balaban J connectivity index is 2.07. The monoisotopic (exact) mass is 221 g/mol. The average molecular weight is 221 g/mol. The van der Waals surface area contributed by atoms with Crippen LogP contribution in [0.1, 0.15) is 12.5 Å². The number of hydrogen-bond acceptors (Lipinski definition) is 3. The van der Waals surface area contributed by atoms with Crippen molar-refractivity contribution >= 4 is 6.20 Å². The molecule has 4 nitrogen and oxygen atoms in total. The molecule has 1 aromatic heterocycles. The molecule has 0 radical (unpaired) electrons. The zero-order valence-electron chi connectivity index (χ0n) is 9.78. The minimum atomic E-state index is 0.635. The molecule has 0 bridgehead atoms. The largest absolute Gasteiger partial charge is 0.376 e. The first kappa shape index (κ1) is 12.7. The lowest BCUT2D eigenvalue weighted by Gasteiger charge is -2.04.